The third kappa shape index (κ3) is 2.31. The van der Waals surface area contributed by atoms with Crippen molar-refractivity contribution in [2.24, 2.45) is 0 Å². The Morgan fingerprint density at radius 2 is 1.42 bits per heavy atom. The number of fused-ring (bicyclic) bond motifs is 1. The number of carbonyl (C=O) groups is 2. The van der Waals surface area contributed by atoms with E-state index in [2.05, 4.69) is 0 Å². The second-order valence-corrected chi connectivity index (χ2v) is 5.83. The van der Waals surface area contributed by atoms with E-state index in [0.29, 0.717) is 22.6 Å². The summed E-state index contributed by atoms with van der Waals surface area (Å²) in [6.07, 6.45) is 1.53. The van der Waals surface area contributed by atoms with E-state index in [0.717, 1.165) is 5.56 Å². The van der Waals surface area contributed by atoms with Crippen LogP contribution < -0.4 is 0 Å². The molecular weight excluding hydrogens is 300 g/mol. The first-order valence-electron chi connectivity index (χ1n) is 7.70. The topological polar surface area (TPSA) is 47.3 Å². The maximum atomic E-state index is 12.4. The minimum Gasteiger partial charge on any atom is -0.457 e. The molecule has 1 aliphatic carbocycles. The fraction of sp³-hybridized carbons (Fsp3) is 0.0476. The number of allylic oxidation sites excluding steroid dienone is 1. The highest BCUT2D eigenvalue weighted by Gasteiger charge is 2.32. The molecule has 2 aromatic carbocycles. The molecule has 116 valence electrons. The maximum Gasteiger partial charge on any atom is 0.197 e. The molecule has 0 saturated heterocycles. The standard InChI is InChI=1S/C21H14O3/c1-13-6-8-14(9-7-13)19-11-10-15(24-19)12-18-20(22)16-4-2-3-5-17(16)21(18)23/h2-12H,1H3. The Morgan fingerprint density at radius 3 is 2.04 bits per heavy atom. The summed E-state index contributed by atoms with van der Waals surface area (Å²) in [6, 6.07) is 18.5. The summed E-state index contributed by atoms with van der Waals surface area (Å²) in [4.78, 5) is 24.8. The highest BCUT2D eigenvalue weighted by molar-refractivity contribution is 6.41. The Morgan fingerprint density at radius 1 is 0.792 bits per heavy atom. The van der Waals surface area contributed by atoms with Crippen LogP contribution in [-0.4, -0.2) is 11.6 Å². The van der Waals surface area contributed by atoms with Crippen LogP contribution in [-0.2, 0) is 0 Å². The van der Waals surface area contributed by atoms with Crippen LogP contribution in [0.2, 0.25) is 0 Å². The second-order valence-electron chi connectivity index (χ2n) is 5.83. The maximum absolute atomic E-state index is 12.4. The molecule has 0 atom stereocenters. The Labute approximate surface area is 139 Å². The predicted molar refractivity (Wildman–Crippen MR) is 92.0 cm³/mol. The van der Waals surface area contributed by atoms with Gasteiger partial charge in [0.1, 0.15) is 11.5 Å². The molecule has 1 aliphatic rings. The van der Waals surface area contributed by atoms with Crippen molar-refractivity contribution in [2.45, 2.75) is 6.92 Å². The largest absolute Gasteiger partial charge is 0.457 e. The molecule has 0 bridgehead atoms. The summed E-state index contributed by atoms with van der Waals surface area (Å²) in [7, 11) is 0. The van der Waals surface area contributed by atoms with E-state index in [4.69, 9.17) is 4.42 Å². The first-order chi connectivity index (χ1) is 11.6. The van der Waals surface area contributed by atoms with Gasteiger partial charge < -0.3 is 4.42 Å². The Bertz CT molecular complexity index is 951. The third-order valence-electron chi connectivity index (χ3n) is 4.16. The lowest BCUT2D eigenvalue weighted by Crippen LogP contribution is -1.99. The van der Waals surface area contributed by atoms with Gasteiger partial charge in [0.25, 0.3) is 0 Å². The summed E-state index contributed by atoms with van der Waals surface area (Å²) in [6.45, 7) is 2.02. The molecule has 0 amide bonds. The molecule has 3 heteroatoms. The molecule has 0 N–H and O–H groups in total. The monoisotopic (exact) mass is 314 g/mol. The highest BCUT2D eigenvalue weighted by atomic mass is 16.3. The van der Waals surface area contributed by atoms with E-state index in [1.165, 1.54) is 11.6 Å². The van der Waals surface area contributed by atoms with Crippen LogP contribution in [0, 0.1) is 6.92 Å². The van der Waals surface area contributed by atoms with Gasteiger partial charge in [0.05, 0.1) is 5.57 Å². The van der Waals surface area contributed by atoms with E-state index in [1.807, 2.05) is 37.3 Å². The van der Waals surface area contributed by atoms with E-state index in [1.54, 1.807) is 30.3 Å². The summed E-state index contributed by atoms with van der Waals surface area (Å²) >= 11 is 0. The van der Waals surface area contributed by atoms with Crippen molar-refractivity contribution in [1.82, 2.24) is 0 Å². The molecular formula is C21H14O3. The molecule has 0 aliphatic heterocycles. The number of hydrogen-bond acceptors (Lipinski definition) is 3. The summed E-state index contributed by atoms with van der Waals surface area (Å²) in [5, 5.41) is 0. The first kappa shape index (κ1) is 14.4. The molecule has 24 heavy (non-hydrogen) atoms. The molecule has 3 aromatic rings. The number of aryl methyl sites for hydroxylation is 1. The van der Waals surface area contributed by atoms with Crippen molar-refractivity contribution in [2.75, 3.05) is 0 Å². The van der Waals surface area contributed by atoms with Crippen molar-refractivity contribution in [1.29, 1.82) is 0 Å². The quantitative estimate of drug-likeness (QED) is 0.508. The fourth-order valence-corrected chi connectivity index (χ4v) is 2.85. The number of rotatable bonds is 2. The average molecular weight is 314 g/mol. The van der Waals surface area contributed by atoms with Crippen molar-refractivity contribution in [3.63, 3.8) is 0 Å². The van der Waals surface area contributed by atoms with Crippen LogP contribution in [0.15, 0.2) is 70.7 Å². The lowest BCUT2D eigenvalue weighted by atomic mass is 10.1. The summed E-state index contributed by atoms with van der Waals surface area (Å²) < 4.78 is 5.79. The summed E-state index contributed by atoms with van der Waals surface area (Å²) in [5.41, 5.74) is 3.20. The number of furan rings is 1. The van der Waals surface area contributed by atoms with Gasteiger partial charge in [-0.3, -0.25) is 9.59 Å². The van der Waals surface area contributed by atoms with E-state index in [9.17, 15) is 9.59 Å². The molecule has 0 unspecified atom stereocenters. The zero-order valence-corrected chi connectivity index (χ0v) is 13.1. The van der Waals surface area contributed by atoms with E-state index in [-0.39, 0.29) is 17.1 Å². The molecule has 0 saturated carbocycles. The zero-order chi connectivity index (χ0) is 16.7. The van der Waals surface area contributed by atoms with Crippen molar-refractivity contribution in [3.05, 3.63) is 88.7 Å². The normalized spacial score (nSPS) is 13.3. The lowest BCUT2D eigenvalue weighted by Gasteiger charge is -1.97. The molecule has 0 spiro atoms. The van der Waals surface area contributed by atoms with Crippen LogP contribution in [0.1, 0.15) is 32.0 Å². The third-order valence-corrected chi connectivity index (χ3v) is 4.16. The number of hydrogen-bond donors (Lipinski definition) is 0. The van der Waals surface area contributed by atoms with Gasteiger partial charge in [-0.2, -0.15) is 0 Å². The van der Waals surface area contributed by atoms with Crippen LogP contribution in [0.25, 0.3) is 17.4 Å². The van der Waals surface area contributed by atoms with E-state index >= 15 is 0 Å². The average Bonchev–Trinajstić information content (AvgIpc) is 3.16. The molecule has 1 aromatic heterocycles. The van der Waals surface area contributed by atoms with Crippen molar-refractivity contribution >= 4 is 17.6 Å². The lowest BCUT2D eigenvalue weighted by molar-refractivity contribution is 0.0990. The molecule has 1 heterocycles. The Kier molecular flexibility index (Phi) is 3.28. The molecule has 4 rings (SSSR count). The van der Waals surface area contributed by atoms with Gasteiger partial charge in [0.2, 0.25) is 0 Å². The van der Waals surface area contributed by atoms with Gasteiger partial charge in [-0.15, -0.1) is 0 Å². The number of carbonyl (C=O) groups excluding carboxylic acids is 2. The number of Topliss-reactive ketones (excluding diaryl/α,β-unsaturated/α-hetero) is 2. The van der Waals surface area contributed by atoms with Crippen LogP contribution in [0.3, 0.4) is 0 Å². The second kappa shape index (κ2) is 5.46. The Balaban J connectivity index is 1.69. The minimum atomic E-state index is -0.246. The number of benzene rings is 2. The SMILES string of the molecule is Cc1ccc(-c2ccc(C=C3C(=O)c4ccccc4C3=O)o2)cc1. The predicted octanol–water partition coefficient (Wildman–Crippen LogP) is 4.72. The van der Waals surface area contributed by atoms with Gasteiger partial charge in [0.15, 0.2) is 11.6 Å². The van der Waals surface area contributed by atoms with E-state index < -0.39 is 0 Å². The van der Waals surface area contributed by atoms with Gasteiger partial charge >= 0.3 is 0 Å². The Hall–Kier alpha value is -3.20. The van der Waals surface area contributed by atoms with Gasteiger partial charge in [-0.1, -0.05) is 54.1 Å². The molecule has 3 nitrogen and oxygen atoms in total. The van der Waals surface area contributed by atoms with Crippen LogP contribution in [0.4, 0.5) is 0 Å². The zero-order valence-electron chi connectivity index (χ0n) is 13.1. The van der Waals surface area contributed by atoms with Crippen molar-refractivity contribution < 1.29 is 14.0 Å². The minimum absolute atomic E-state index is 0.154. The smallest absolute Gasteiger partial charge is 0.197 e. The molecule has 0 radical (unpaired) electrons. The highest BCUT2D eigenvalue weighted by Crippen LogP contribution is 2.29. The van der Waals surface area contributed by atoms with Crippen molar-refractivity contribution in [3.8, 4) is 11.3 Å². The van der Waals surface area contributed by atoms with Gasteiger partial charge in [-0.25, -0.2) is 0 Å². The fourth-order valence-electron chi connectivity index (χ4n) is 2.85. The molecule has 0 fully saturated rings. The first-order valence-corrected chi connectivity index (χ1v) is 7.70. The van der Waals surface area contributed by atoms with Crippen LogP contribution in [0.5, 0.6) is 0 Å². The van der Waals surface area contributed by atoms with Crippen LogP contribution >= 0.6 is 0 Å². The summed E-state index contributed by atoms with van der Waals surface area (Å²) in [5.74, 6) is 0.708. The van der Waals surface area contributed by atoms with Gasteiger partial charge in [-0.05, 0) is 25.1 Å². The van der Waals surface area contributed by atoms with Gasteiger partial charge in [0, 0.05) is 16.7 Å². The number of ketones is 2.